The van der Waals surface area contributed by atoms with Crippen molar-refractivity contribution in [2.75, 3.05) is 19.8 Å². The van der Waals surface area contributed by atoms with Crippen LogP contribution in [0.1, 0.15) is 17.4 Å². The van der Waals surface area contributed by atoms with Gasteiger partial charge in [0.15, 0.2) is 0 Å². The van der Waals surface area contributed by atoms with E-state index in [0.29, 0.717) is 35.6 Å². The number of aromatic nitrogens is 1. The van der Waals surface area contributed by atoms with E-state index in [0.717, 1.165) is 0 Å². The minimum atomic E-state index is -0.172. The van der Waals surface area contributed by atoms with Crippen LogP contribution in [-0.4, -0.2) is 30.2 Å². The van der Waals surface area contributed by atoms with Crippen molar-refractivity contribution >= 4 is 29.1 Å². The molecule has 1 aliphatic heterocycles. The molecule has 6 heteroatoms. The van der Waals surface area contributed by atoms with Gasteiger partial charge >= 0.3 is 0 Å². The van der Waals surface area contributed by atoms with Gasteiger partial charge in [-0.3, -0.25) is 4.79 Å². The van der Waals surface area contributed by atoms with Crippen LogP contribution in [-0.2, 0) is 11.8 Å². The van der Waals surface area contributed by atoms with Gasteiger partial charge in [-0.05, 0) is 6.07 Å². The van der Waals surface area contributed by atoms with E-state index in [9.17, 15) is 4.79 Å². The summed E-state index contributed by atoms with van der Waals surface area (Å²) in [7, 11) is 1.71. The Labute approximate surface area is 110 Å². The van der Waals surface area contributed by atoms with Gasteiger partial charge < -0.3 is 14.6 Å². The maximum absolute atomic E-state index is 11.9. The lowest BCUT2D eigenvalue weighted by molar-refractivity contribution is -0.0978. The van der Waals surface area contributed by atoms with E-state index in [-0.39, 0.29) is 11.3 Å². The number of carbonyl (C=O) groups is 1. The standard InChI is InChI=1S/C11H14Cl2N2O2/c1-11(5-17-6-11)4-14-10(16)8-3-7(12)9(13)15(8)2/h3H,4-6H2,1-2H3,(H,14,16). The molecule has 4 nitrogen and oxygen atoms in total. The highest BCUT2D eigenvalue weighted by atomic mass is 35.5. The first-order valence-corrected chi connectivity index (χ1v) is 6.05. The quantitative estimate of drug-likeness (QED) is 0.919. The molecule has 17 heavy (non-hydrogen) atoms. The number of rotatable bonds is 3. The Bertz CT molecular complexity index is 453. The van der Waals surface area contributed by atoms with Crippen LogP contribution < -0.4 is 5.32 Å². The summed E-state index contributed by atoms with van der Waals surface area (Å²) in [5, 5.41) is 3.62. The number of nitrogens with zero attached hydrogens (tertiary/aromatic N) is 1. The van der Waals surface area contributed by atoms with Crippen LogP contribution in [0.25, 0.3) is 0 Å². The zero-order valence-electron chi connectivity index (χ0n) is 9.72. The van der Waals surface area contributed by atoms with E-state index in [2.05, 4.69) is 12.2 Å². The largest absolute Gasteiger partial charge is 0.380 e. The van der Waals surface area contributed by atoms with E-state index in [1.807, 2.05) is 0 Å². The van der Waals surface area contributed by atoms with E-state index in [1.54, 1.807) is 17.7 Å². The molecule has 0 atom stereocenters. The molecule has 0 aliphatic carbocycles. The van der Waals surface area contributed by atoms with Crippen LogP contribution in [0, 0.1) is 5.41 Å². The summed E-state index contributed by atoms with van der Waals surface area (Å²) in [6, 6.07) is 1.57. The van der Waals surface area contributed by atoms with Gasteiger partial charge in [0.05, 0.1) is 18.2 Å². The van der Waals surface area contributed by atoms with E-state index in [4.69, 9.17) is 27.9 Å². The zero-order chi connectivity index (χ0) is 12.6. The van der Waals surface area contributed by atoms with Gasteiger partial charge in [0.25, 0.3) is 5.91 Å². The van der Waals surface area contributed by atoms with Crippen LogP contribution >= 0.6 is 23.2 Å². The molecule has 1 fully saturated rings. The number of ether oxygens (including phenoxy) is 1. The average molecular weight is 277 g/mol. The highest BCUT2D eigenvalue weighted by molar-refractivity contribution is 6.41. The average Bonchev–Trinajstić information content (AvgIpc) is 2.51. The molecule has 2 heterocycles. The van der Waals surface area contributed by atoms with Gasteiger partial charge in [0, 0.05) is 19.0 Å². The van der Waals surface area contributed by atoms with Crippen molar-refractivity contribution < 1.29 is 9.53 Å². The highest BCUT2D eigenvalue weighted by Crippen LogP contribution is 2.27. The van der Waals surface area contributed by atoms with Crippen molar-refractivity contribution in [2.45, 2.75) is 6.92 Å². The fourth-order valence-corrected chi connectivity index (χ4v) is 2.07. The molecule has 1 saturated heterocycles. The van der Waals surface area contributed by atoms with Gasteiger partial charge in [-0.1, -0.05) is 30.1 Å². The van der Waals surface area contributed by atoms with Gasteiger partial charge in [0.2, 0.25) is 0 Å². The van der Waals surface area contributed by atoms with Gasteiger partial charge in [-0.25, -0.2) is 0 Å². The van der Waals surface area contributed by atoms with Crippen LogP contribution in [0.4, 0.5) is 0 Å². The third-order valence-corrected chi connectivity index (χ3v) is 3.77. The number of hydrogen-bond acceptors (Lipinski definition) is 2. The van der Waals surface area contributed by atoms with Crippen molar-refractivity contribution in [1.29, 1.82) is 0 Å². The van der Waals surface area contributed by atoms with Crippen molar-refractivity contribution in [3.05, 3.63) is 21.9 Å². The first-order chi connectivity index (χ1) is 7.93. The molecule has 0 radical (unpaired) electrons. The Morgan fingerprint density at radius 3 is 2.65 bits per heavy atom. The smallest absolute Gasteiger partial charge is 0.268 e. The summed E-state index contributed by atoms with van der Waals surface area (Å²) >= 11 is 11.8. The number of carbonyl (C=O) groups excluding carboxylic acids is 1. The predicted molar refractivity (Wildman–Crippen MR) is 66.7 cm³/mol. The SMILES string of the molecule is Cn1c(C(=O)NCC2(C)COC2)cc(Cl)c1Cl. The monoisotopic (exact) mass is 276 g/mol. The molecule has 0 spiro atoms. The fourth-order valence-electron chi connectivity index (χ4n) is 1.70. The Kier molecular flexibility index (Phi) is 3.39. The second kappa shape index (κ2) is 4.52. The molecule has 0 bridgehead atoms. The molecule has 1 amide bonds. The third-order valence-electron chi connectivity index (χ3n) is 2.93. The lowest BCUT2D eigenvalue weighted by atomic mass is 9.89. The third kappa shape index (κ3) is 2.44. The number of halogens is 2. The minimum Gasteiger partial charge on any atom is -0.380 e. The molecule has 0 aromatic carbocycles. The molecule has 2 rings (SSSR count). The molecule has 1 aromatic heterocycles. The van der Waals surface area contributed by atoms with E-state index in [1.165, 1.54) is 0 Å². The molecular formula is C11H14Cl2N2O2. The normalized spacial score (nSPS) is 17.6. The summed E-state index contributed by atoms with van der Waals surface area (Å²) in [6.07, 6.45) is 0. The first kappa shape index (κ1) is 12.7. The molecule has 1 N–H and O–H groups in total. The van der Waals surface area contributed by atoms with E-state index >= 15 is 0 Å². The number of amides is 1. The van der Waals surface area contributed by atoms with Crippen LogP contribution in [0.5, 0.6) is 0 Å². The number of hydrogen-bond donors (Lipinski definition) is 1. The Hall–Kier alpha value is -0.710. The lowest BCUT2D eigenvalue weighted by Gasteiger charge is -2.37. The number of nitrogens with one attached hydrogen (secondary N) is 1. The first-order valence-electron chi connectivity index (χ1n) is 5.30. The Morgan fingerprint density at radius 1 is 1.59 bits per heavy atom. The van der Waals surface area contributed by atoms with Gasteiger partial charge in [0.1, 0.15) is 10.8 Å². The van der Waals surface area contributed by atoms with Gasteiger partial charge in [-0.15, -0.1) is 0 Å². The summed E-state index contributed by atoms with van der Waals surface area (Å²) in [4.78, 5) is 11.9. The summed E-state index contributed by atoms with van der Waals surface area (Å²) < 4.78 is 6.69. The highest BCUT2D eigenvalue weighted by Gasteiger charge is 2.33. The van der Waals surface area contributed by atoms with Crippen LogP contribution in [0.3, 0.4) is 0 Å². The van der Waals surface area contributed by atoms with E-state index < -0.39 is 0 Å². The Balaban J connectivity index is 2.02. The minimum absolute atomic E-state index is 0.0500. The molecule has 0 unspecified atom stereocenters. The fraction of sp³-hybridized carbons (Fsp3) is 0.545. The maximum atomic E-state index is 11.9. The summed E-state index contributed by atoms with van der Waals surface area (Å²) in [5.41, 5.74) is 0.512. The van der Waals surface area contributed by atoms with Crippen LogP contribution in [0.15, 0.2) is 6.07 Å². The second-order valence-corrected chi connectivity index (χ2v) is 5.48. The summed E-state index contributed by atoms with van der Waals surface area (Å²) in [6.45, 7) is 4.03. The lowest BCUT2D eigenvalue weighted by Crippen LogP contribution is -2.48. The maximum Gasteiger partial charge on any atom is 0.268 e. The predicted octanol–water partition coefficient (Wildman–Crippen LogP) is 2.10. The topological polar surface area (TPSA) is 43.3 Å². The van der Waals surface area contributed by atoms with Crippen molar-refractivity contribution in [3.63, 3.8) is 0 Å². The molecule has 94 valence electrons. The van der Waals surface area contributed by atoms with Crippen molar-refractivity contribution in [1.82, 2.24) is 9.88 Å². The van der Waals surface area contributed by atoms with Gasteiger partial charge in [-0.2, -0.15) is 0 Å². The molecule has 1 aromatic rings. The van der Waals surface area contributed by atoms with Crippen molar-refractivity contribution in [2.24, 2.45) is 12.5 Å². The second-order valence-electron chi connectivity index (χ2n) is 4.71. The molecular weight excluding hydrogens is 263 g/mol. The summed E-state index contributed by atoms with van der Waals surface area (Å²) in [5.74, 6) is -0.172. The molecule has 0 saturated carbocycles. The molecule has 1 aliphatic rings. The zero-order valence-corrected chi connectivity index (χ0v) is 11.2. The Morgan fingerprint density at radius 2 is 2.24 bits per heavy atom. The van der Waals surface area contributed by atoms with Crippen LogP contribution in [0.2, 0.25) is 10.2 Å². The van der Waals surface area contributed by atoms with Crippen molar-refractivity contribution in [3.8, 4) is 0 Å².